The SMILES string of the molecule is O=c1[nH]c2c(c(=O)[nH]1)C(c1cccc(OCc3ccccc3)c1)C=C(c1ccccc1)N2. The first-order chi connectivity index (χ1) is 15.7. The molecule has 1 unspecified atom stereocenters. The zero-order valence-electron chi connectivity index (χ0n) is 17.2. The average Bonchev–Trinajstić information content (AvgIpc) is 2.83. The third-order valence-electron chi connectivity index (χ3n) is 5.43. The third-order valence-corrected chi connectivity index (χ3v) is 5.43. The molecule has 0 saturated carbocycles. The Bertz CT molecular complexity index is 1390. The number of ether oxygens (including phenoxy) is 1. The van der Waals surface area contributed by atoms with Crippen molar-refractivity contribution < 1.29 is 4.74 Å². The standard InChI is InChI=1S/C26H21N3O3/c30-25-23-21(19-12-7-13-20(14-19)32-16-17-8-3-1-4-9-17)15-22(18-10-5-2-6-11-18)27-24(23)28-26(31)29-25/h1-15,21H,16H2,(H3,27,28,29,30,31). The number of H-pyrrole nitrogens is 2. The van der Waals surface area contributed by atoms with Gasteiger partial charge in [-0.15, -0.1) is 0 Å². The molecule has 6 heteroatoms. The highest BCUT2D eigenvalue weighted by Gasteiger charge is 2.26. The van der Waals surface area contributed by atoms with Gasteiger partial charge in [0, 0.05) is 11.6 Å². The Morgan fingerprint density at radius 3 is 2.34 bits per heavy atom. The van der Waals surface area contributed by atoms with Crippen LogP contribution in [0.3, 0.4) is 0 Å². The lowest BCUT2D eigenvalue weighted by Gasteiger charge is -2.25. The van der Waals surface area contributed by atoms with Gasteiger partial charge in [-0.25, -0.2) is 4.79 Å². The van der Waals surface area contributed by atoms with Crippen LogP contribution in [-0.4, -0.2) is 9.97 Å². The number of rotatable bonds is 5. The van der Waals surface area contributed by atoms with E-state index in [1.165, 1.54) is 0 Å². The van der Waals surface area contributed by atoms with E-state index in [1.807, 2.05) is 91.0 Å². The van der Waals surface area contributed by atoms with Crippen LogP contribution in [0.4, 0.5) is 5.82 Å². The summed E-state index contributed by atoms with van der Waals surface area (Å²) in [5.74, 6) is 0.755. The van der Waals surface area contributed by atoms with Gasteiger partial charge in [0.25, 0.3) is 5.56 Å². The number of hydrogen-bond donors (Lipinski definition) is 3. The minimum absolute atomic E-state index is 0.359. The van der Waals surface area contributed by atoms with Gasteiger partial charge in [0.15, 0.2) is 0 Å². The van der Waals surface area contributed by atoms with E-state index in [-0.39, 0.29) is 5.92 Å². The van der Waals surface area contributed by atoms with Crippen LogP contribution in [0.2, 0.25) is 0 Å². The molecule has 5 rings (SSSR count). The molecule has 2 heterocycles. The van der Waals surface area contributed by atoms with Gasteiger partial charge >= 0.3 is 5.69 Å². The topological polar surface area (TPSA) is 87.0 Å². The molecular weight excluding hydrogens is 402 g/mol. The van der Waals surface area contributed by atoms with Gasteiger partial charge in [-0.1, -0.05) is 72.8 Å². The third kappa shape index (κ3) is 3.98. The summed E-state index contributed by atoms with van der Waals surface area (Å²) in [4.78, 5) is 29.7. The predicted molar refractivity (Wildman–Crippen MR) is 125 cm³/mol. The maximum atomic E-state index is 12.7. The molecule has 0 fully saturated rings. The van der Waals surface area contributed by atoms with Crippen molar-refractivity contribution in [1.82, 2.24) is 9.97 Å². The molecule has 1 aromatic heterocycles. The van der Waals surface area contributed by atoms with Crippen LogP contribution < -0.4 is 21.3 Å². The molecule has 0 aliphatic carbocycles. The molecule has 1 atom stereocenters. The fourth-order valence-corrected chi connectivity index (χ4v) is 3.91. The number of aromatic nitrogens is 2. The van der Waals surface area contributed by atoms with E-state index in [2.05, 4.69) is 15.3 Å². The molecule has 3 N–H and O–H groups in total. The van der Waals surface area contributed by atoms with Crippen molar-refractivity contribution in [3.63, 3.8) is 0 Å². The normalized spacial score (nSPS) is 14.8. The highest BCUT2D eigenvalue weighted by Crippen LogP contribution is 2.36. The molecule has 6 nitrogen and oxygen atoms in total. The minimum Gasteiger partial charge on any atom is -0.489 e. The van der Waals surface area contributed by atoms with Crippen LogP contribution in [0.15, 0.2) is 101 Å². The number of hydrogen-bond acceptors (Lipinski definition) is 4. The van der Waals surface area contributed by atoms with Gasteiger partial charge < -0.3 is 10.1 Å². The lowest BCUT2D eigenvalue weighted by Crippen LogP contribution is -2.31. The molecule has 158 valence electrons. The number of allylic oxidation sites excluding steroid dienone is 1. The maximum absolute atomic E-state index is 12.7. The summed E-state index contributed by atoms with van der Waals surface area (Å²) in [7, 11) is 0. The Morgan fingerprint density at radius 2 is 1.56 bits per heavy atom. The van der Waals surface area contributed by atoms with Crippen LogP contribution in [0, 0.1) is 0 Å². The second-order valence-electron chi connectivity index (χ2n) is 7.59. The van der Waals surface area contributed by atoms with Crippen LogP contribution in [0.25, 0.3) is 5.70 Å². The molecule has 0 radical (unpaired) electrons. The van der Waals surface area contributed by atoms with Crippen molar-refractivity contribution in [2.45, 2.75) is 12.5 Å². The van der Waals surface area contributed by atoms with Gasteiger partial charge in [-0.2, -0.15) is 0 Å². The number of anilines is 1. The van der Waals surface area contributed by atoms with Gasteiger partial charge in [0.05, 0.1) is 5.56 Å². The van der Waals surface area contributed by atoms with E-state index >= 15 is 0 Å². The molecule has 3 aromatic carbocycles. The lowest BCUT2D eigenvalue weighted by atomic mass is 9.88. The lowest BCUT2D eigenvalue weighted by molar-refractivity contribution is 0.306. The van der Waals surface area contributed by atoms with Crippen LogP contribution in [0.1, 0.15) is 28.2 Å². The predicted octanol–water partition coefficient (Wildman–Crippen LogP) is 4.24. The van der Waals surface area contributed by atoms with Crippen LogP contribution >= 0.6 is 0 Å². The fraction of sp³-hybridized carbons (Fsp3) is 0.0769. The largest absolute Gasteiger partial charge is 0.489 e. The minimum atomic E-state index is -0.547. The van der Waals surface area contributed by atoms with Crippen molar-refractivity contribution >= 4 is 11.5 Å². The summed E-state index contributed by atoms with van der Waals surface area (Å²) in [5.41, 5.74) is 3.24. The Balaban J connectivity index is 1.54. The molecule has 1 aliphatic heterocycles. The van der Waals surface area contributed by atoms with Crippen molar-refractivity contribution in [2.75, 3.05) is 5.32 Å². The molecule has 0 amide bonds. The summed E-state index contributed by atoms with van der Waals surface area (Å²) in [6.45, 7) is 0.451. The molecule has 4 aromatic rings. The maximum Gasteiger partial charge on any atom is 0.327 e. The first-order valence-electron chi connectivity index (χ1n) is 10.3. The quantitative estimate of drug-likeness (QED) is 0.448. The number of fused-ring (bicyclic) bond motifs is 1. The summed E-state index contributed by atoms with van der Waals surface area (Å²) in [5, 5.41) is 3.21. The Labute approximate surface area is 184 Å². The Morgan fingerprint density at radius 1 is 0.812 bits per heavy atom. The van der Waals surface area contributed by atoms with Crippen molar-refractivity contribution in [1.29, 1.82) is 0 Å². The summed E-state index contributed by atoms with van der Waals surface area (Å²) in [6.07, 6.45) is 2.00. The summed E-state index contributed by atoms with van der Waals surface area (Å²) in [6, 6.07) is 27.4. The highest BCUT2D eigenvalue weighted by atomic mass is 16.5. The van der Waals surface area contributed by atoms with Crippen molar-refractivity contribution in [3.8, 4) is 5.75 Å². The summed E-state index contributed by atoms with van der Waals surface area (Å²) >= 11 is 0. The fourth-order valence-electron chi connectivity index (χ4n) is 3.91. The molecular formula is C26H21N3O3. The van der Waals surface area contributed by atoms with E-state index in [9.17, 15) is 9.59 Å². The van der Waals surface area contributed by atoms with E-state index in [0.29, 0.717) is 23.7 Å². The number of aromatic amines is 2. The van der Waals surface area contributed by atoms with Crippen LogP contribution in [-0.2, 0) is 6.61 Å². The molecule has 1 aliphatic rings. The zero-order chi connectivity index (χ0) is 21.9. The van der Waals surface area contributed by atoms with E-state index in [0.717, 1.165) is 22.4 Å². The van der Waals surface area contributed by atoms with E-state index in [1.54, 1.807) is 0 Å². The zero-order valence-corrected chi connectivity index (χ0v) is 17.2. The van der Waals surface area contributed by atoms with Gasteiger partial charge in [0.2, 0.25) is 0 Å². The van der Waals surface area contributed by atoms with Crippen molar-refractivity contribution in [3.05, 3.63) is 134 Å². The first kappa shape index (κ1) is 19.6. The second-order valence-corrected chi connectivity index (χ2v) is 7.59. The molecule has 32 heavy (non-hydrogen) atoms. The number of benzene rings is 3. The average molecular weight is 423 g/mol. The Hall–Kier alpha value is -4.32. The highest BCUT2D eigenvalue weighted by molar-refractivity contribution is 5.81. The Kier molecular flexibility index (Phi) is 5.17. The molecule has 0 saturated heterocycles. The summed E-state index contributed by atoms with van der Waals surface area (Å²) < 4.78 is 5.99. The number of nitrogens with one attached hydrogen (secondary N) is 3. The molecule has 0 bridgehead atoms. The molecule has 0 spiro atoms. The smallest absolute Gasteiger partial charge is 0.327 e. The van der Waals surface area contributed by atoms with Crippen molar-refractivity contribution in [2.24, 2.45) is 0 Å². The second kappa shape index (κ2) is 8.43. The van der Waals surface area contributed by atoms with Gasteiger partial charge in [0.1, 0.15) is 18.2 Å². The first-order valence-corrected chi connectivity index (χ1v) is 10.3. The van der Waals surface area contributed by atoms with E-state index < -0.39 is 11.2 Å². The van der Waals surface area contributed by atoms with E-state index in [4.69, 9.17) is 4.74 Å². The monoisotopic (exact) mass is 423 g/mol. The van der Waals surface area contributed by atoms with Crippen LogP contribution in [0.5, 0.6) is 5.75 Å². The van der Waals surface area contributed by atoms with Gasteiger partial charge in [-0.3, -0.25) is 14.8 Å². The van der Waals surface area contributed by atoms with Gasteiger partial charge in [-0.05, 0) is 34.9 Å².